The van der Waals surface area contributed by atoms with Crippen LogP contribution in [0.2, 0.25) is 5.02 Å². The van der Waals surface area contributed by atoms with Crippen molar-refractivity contribution in [2.45, 2.75) is 68.2 Å². The number of hydrogen-bond acceptors (Lipinski definition) is 6. The Balaban J connectivity index is 1.41. The molecule has 8 nitrogen and oxygen atoms in total. The number of pyridine rings is 1. The Hall–Kier alpha value is -2.43. The molecule has 2 atom stereocenters. The fraction of sp³-hybridized carbons (Fsp3) is 0.455. The number of primary sulfonamides is 1. The molecule has 0 spiro atoms. The number of nitrogens with zero attached hydrogens (tertiary/aromatic N) is 2. The quantitative estimate of drug-likeness (QED) is 0.635. The van der Waals surface area contributed by atoms with Gasteiger partial charge in [0.1, 0.15) is 22.3 Å². The molecular formula is C22H26ClFN4O4S. The molecule has 2 unspecified atom stereocenters. The molecule has 11 heteroatoms. The number of fused-ring (bicyclic) bond motifs is 2. The van der Waals surface area contributed by atoms with Crippen molar-refractivity contribution >= 4 is 33.3 Å². The summed E-state index contributed by atoms with van der Waals surface area (Å²) in [5.41, 5.74) is -1.21. The standard InChI is InChI=1S/C22H26ClFN4O4S/c1-22(2,32-19-7-3-13(24)9-18(19)23)21(29)27-14-10-15-4-5-16(11-14)28(15)20-8-6-17(12-26-20)33(25,30)31/h3,6-9,12,14-16H,4-5,10-11H2,1-2H3,(H,27,29)(H2,25,30,31). The number of halogens is 2. The summed E-state index contributed by atoms with van der Waals surface area (Å²) >= 11 is 6.04. The van der Waals surface area contributed by atoms with Gasteiger partial charge in [0.2, 0.25) is 10.0 Å². The van der Waals surface area contributed by atoms with Crippen LogP contribution in [0.4, 0.5) is 10.2 Å². The van der Waals surface area contributed by atoms with E-state index < -0.39 is 21.4 Å². The highest BCUT2D eigenvalue weighted by Crippen LogP contribution is 2.39. The second-order valence-electron chi connectivity index (χ2n) is 9.02. The molecule has 2 fully saturated rings. The van der Waals surface area contributed by atoms with Crippen LogP contribution in [0.5, 0.6) is 5.75 Å². The van der Waals surface area contributed by atoms with Gasteiger partial charge in [-0.25, -0.2) is 22.9 Å². The van der Waals surface area contributed by atoms with Gasteiger partial charge < -0.3 is 15.0 Å². The zero-order valence-corrected chi connectivity index (χ0v) is 19.9. The van der Waals surface area contributed by atoms with Gasteiger partial charge in [-0.05, 0) is 69.9 Å². The number of ether oxygens (including phenoxy) is 1. The predicted octanol–water partition coefficient (Wildman–Crippen LogP) is 3.00. The van der Waals surface area contributed by atoms with E-state index >= 15 is 0 Å². The zero-order valence-electron chi connectivity index (χ0n) is 18.3. The molecule has 4 rings (SSSR count). The van der Waals surface area contributed by atoms with E-state index in [9.17, 15) is 17.6 Å². The number of aromatic nitrogens is 1. The predicted molar refractivity (Wildman–Crippen MR) is 122 cm³/mol. The average molecular weight is 497 g/mol. The topological polar surface area (TPSA) is 115 Å². The van der Waals surface area contributed by atoms with Crippen molar-refractivity contribution in [3.8, 4) is 5.75 Å². The van der Waals surface area contributed by atoms with Crippen molar-refractivity contribution in [2.75, 3.05) is 4.90 Å². The van der Waals surface area contributed by atoms with Crippen LogP contribution in [-0.2, 0) is 14.8 Å². The number of amides is 1. The Kier molecular flexibility index (Phi) is 6.28. The number of nitrogens with two attached hydrogens (primary N) is 1. The molecule has 2 aliphatic rings. The second kappa shape index (κ2) is 8.73. The van der Waals surface area contributed by atoms with Crippen LogP contribution in [0.25, 0.3) is 0 Å². The number of benzene rings is 1. The third kappa shape index (κ3) is 5.07. The van der Waals surface area contributed by atoms with Gasteiger partial charge in [-0.3, -0.25) is 4.79 Å². The molecule has 2 aliphatic heterocycles. The van der Waals surface area contributed by atoms with Crippen LogP contribution in [0.3, 0.4) is 0 Å². The van der Waals surface area contributed by atoms with Crippen LogP contribution in [0, 0.1) is 5.82 Å². The molecular weight excluding hydrogens is 471 g/mol. The highest BCUT2D eigenvalue weighted by atomic mass is 35.5. The molecule has 0 radical (unpaired) electrons. The number of piperidine rings is 1. The van der Waals surface area contributed by atoms with Crippen molar-refractivity contribution < 1.29 is 22.3 Å². The van der Waals surface area contributed by atoms with Gasteiger partial charge in [-0.15, -0.1) is 0 Å². The highest BCUT2D eigenvalue weighted by Gasteiger charge is 2.43. The van der Waals surface area contributed by atoms with Crippen molar-refractivity contribution in [3.05, 3.63) is 47.4 Å². The summed E-state index contributed by atoms with van der Waals surface area (Å²) in [5, 5.41) is 8.35. The summed E-state index contributed by atoms with van der Waals surface area (Å²) in [5.74, 6) is 0.179. The van der Waals surface area contributed by atoms with Crippen molar-refractivity contribution in [2.24, 2.45) is 5.14 Å². The molecule has 2 aromatic rings. The SMILES string of the molecule is CC(C)(Oc1ccc(F)cc1Cl)C(=O)NC1CC2CCC(C1)N2c1ccc(S(N)(=O)=O)cn1. The Morgan fingerprint density at radius 1 is 1.24 bits per heavy atom. The third-order valence-electron chi connectivity index (χ3n) is 6.19. The van der Waals surface area contributed by atoms with Gasteiger partial charge in [0.15, 0.2) is 5.60 Å². The fourth-order valence-electron chi connectivity index (χ4n) is 4.60. The Labute approximate surface area is 197 Å². The van der Waals surface area contributed by atoms with E-state index in [2.05, 4.69) is 15.2 Å². The fourth-order valence-corrected chi connectivity index (χ4v) is 5.26. The first kappa shape index (κ1) is 23.7. The lowest BCUT2D eigenvalue weighted by Crippen LogP contribution is -2.55. The summed E-state index contributed by atoms with van der Waals surface area (Å²) in [6.07, 6.45) is 4.66. The van der Waals surface area contributed by atoms with Crippen LogP contribution in [-0.4, -0.2) is 43.0 Å². The van der Waals surface area contributed by atoms with Gasteiger partial charge in [0.25, 0.3) is 5.91 Å². The van der Waals surface area contributed by atoms with Crippen LogP contribution in [0.15, 0.2) is 41.4 Å². The molecule has 0 aliphatic carbocycles. The van der Waals surface area contributed by atoms with E-state index in [1.807, 2.05) is 0 Å². The first-order valence-electron chi connectivity index (χ1n) is 10.7. The molecule has 1 aromatic carbocycles. The summed E-state index contributed by atoms with van der Waals surface area (Å²) < 4.78 is 42.1. The van der Waals surface area contributed by atoms with E-state index in [0.29, 0.717) is 5.82 Å². The monoisotopic (exact) mass is 496 g/mol. The minimum Gasteiger partial charge on any atom is -0.476 e. The lowest BCUT2D eigenvalue weighted by molar-refractivity contribution is -0.135. The average Bonchev–Trinajstić information content (AvgIpc) is 3.00. The molecule has 1 aromatic heterocycles. The van der Waals surface area contributed by atoms with Gasteiger partial charge >= 0.3 is 0 Å². The largest absolute Gasteiger partial charge is 0.476 e. The Morgan fingerprint density at radius 2 is 1.91 bits per heavy atom. The Bertz CT molecular complexity index is 1150. The molecule has 0 saturated carbocycles. The normalized spacial score (nSPS) is 22.8. The maximum atomic E-state index is 13.3. The van der Waals surface area contributed by atoms with Crippen LogP contribution >= 0.6 is 11.6 Å². The number of anilines is 1. The zero-order chi connectivity index (χ0) is 24.0. The van der Waals surface area contributed by atoms with Gasteiger partial charge in [0.05, 0.1) is 5.02 Å². The number of nitrogens with one attached hydrogen (secondary N) is 1. The van der Waals surface area contributed by atoms with Crippen LogP contribution < -0.4 is 20.1 Å². The van der Waals surface area contributed by atoms with Crippen molar-refractivity contribution in [3.63, 3.8) is 0 Å². The lowest BCUT2D eigenvalue weighted by Gasteiger charge is -2.40. The lowest BCUT2D eigenvalue weighted by atomic mass is 9.96. The maximum Gasteiger partial charge on any atom is 0.263 e. The first-order valence-corrected chi connectivity index (χ1v) is 12.6. The summed E-state index contributed by atoms with van der Waals surface area (Å²) in [6.45, 7) is 3.28. The van der Waals surface area contributed by atoms with Gasteiger partial charge in [-0.1, -0.05) is 11.6 Å². The van der Waals surface area contributed by atoms with E-state index in [1.54, 1.807) is 19.9 Å². The number of rotatable bonds is 6. The van der Waals surface area contributed by atoms with Crippen molar-refractivity contribution in [1.82, 2.24) is 10.3 Å². The number of carbonyl (C=O) groups is 1. The molecule has 3 N–H and O–H groups in total. The van der Waals surface area contributed by atoms with Gasteiger partial charge in [-0.2, -0.15) is 0 Å². The summed E-state index contributed by atoms with van der Waals surface area (Å²) in [6, 6.07) is 7.23. The van der Waals surface area contributed by atoms with E-state index in [-0.39, 0.29) is 39.7 Å². The molecule has 1 amide bonds. The number of hydrogen-bond donors (Lipinski definition) is 2. The van der Waals surface area contributed by atoms with Gasteiger partial charge in [0, 0.05) is 24.3 Å². The first-order chi connectivity index (χ1) is 15.4. The Morgan fingerprint density at radius 3 is 2.45 bits per heavy atom. The molecule has 178 valence electrons. The van der Waals surface area contributed by atoms with E-state index in [0.717, 1.165) is 31.7 Å². The third-order valence-corrected chi connectivity index (χ3v) is 7.38. The highest BCUT2D eigenvalue weighted by molar-refractivity contribution is 7.89. The summed E-state index contributed by atoms with van der Waals surface area (Å²) in [4.78, 5) is 19.5. The smallest absolute Gasteiger partial charge is 0.263 e. The minimum atomic E-state index is -3.79. The van der Waals surface area contributed by atoms with Crippen LogP contribution in [0.1, 0.15) is 39.5 Å². The molecule has 3 heterocycles. The number of sulfonamides is 1. The van der Waals surface area contributed by atoms with E-state index in [4.69, 9.17) is 21.5 Å². The maximum absolute atomic E-state index is 13.3. The second-order valence-corrected chi connectivity index (χ2v) is 11.0. The van der Waals surface area contributed by atoms with Crippen molar-refractivity contribution in [1.29, 1.82) is 0 Å². The molecule has 33 heavy (non-hydrogen) atoms. The summed E-state index contributed by atoms with van der Waals surface area (Å²) in [7, 11) is -3.79. The minimum absolute atomic E-state index is 0.0239. The molecule has 2 saturated heterocycles. The number of carbonyl (C=O) groups excluding carboxylic acids is 1. The molecule has 2 bridgehead atoms. The van der Waals surface area contributed by atoms with E-state index in [1.165, 1.54) is 24.4 Å².